The van der Waals surface area contributed by atoms with Crippen molar-refractivity contribution in [1.29, 1.82) is 0 Å². The summed E-state index contributed by atoms with van der Waals surface area (Å²) in [7, 11) is 4.06. The topological polar surface area (TPSA) is 32.8 Å². The normalized spacial score (nSPS) is 10.7. The summed E-state index contributed by atoms with van der Waals surface area (Å²) in [5.41, 5.74) is 2.36. The quantitative estimate of drug-likeness (QED) is 0.703. The van der Waals surface area contributed by atoms with E-state index < -0.39 is 0 Å². The van der Waals surface area contributed by atoms with E-state index in [4.69, 9.17) is 4.74 Å². The van der Waals surface area contributed by atoms with Gasteiger partial charge >= 0.3 is 0 Å². The van der Waals surface area contributed by atoms with Crippen LogP contribution in [0, 0.1) is 0 Å². The fraction of sp³-hybridized carbons (Fsp3) is 0.381. The third-order valence-corrected chi connectivity index (χ3v) is 4.06. The molecule has 0 aliphatic rings. The summed E-state index contributed by atoms with van der Waals surface area (Å²) in [6.45, 7) is 4.58. The summed E-state index contributed by atoms with van der Waals surface area (Å²) in [6, 6.07) is 18.2. The zero-order valence-electron chi connectivity index (χ0n) is 15.4. The Morgan fingerprint density at radius 1 is 0.920 bits per heavy atom. The van der Waals surface area contributed by atoms with Crippen LogP contribution in [0.15, 0.2) is 54.6 Å². The number of likely N-dealkylation sites (N-methyl/N-ethyl adjacent to an activating group) is 1. The minimum atomic E-state index is 0.104. The van der Waals surface area contributed by atoms with Crippen molar-refractivity contribution < 1.29 is 9.53 Å². The second-order valence-corrected chi connectivity index (χ2v) is 6.47. The Morgan fingerprint density at radius 2 is 1.60 bits per heavy atom. The zero-order chi connectivity index (χ0) is 18.1. The van der Waals surface area contributed by atoms with Gasteiger partial charge in [0.15, 0.2) is 0 Å². The van der Waals surface area contributed by atoms with Gasteiger partial charge in [-0.15, -0.1) is 0 Å². The summed E-state index contributed by atoms with van der Waals surface area (Å²) in [4.78, 5) is 15.9. The summed E-state index contributed by atoms with van der Waals surface area (Å²) in [5.74, 6) is 0.991. The molecule has 4 heteroatoms. The first-order chi connectivity index (χ1) is 12.0. The van der Waals surface area contributed by atoms with Crippen molar-refractivity contribution in [2.24, 2.45) is 0 Å². The molecule has 2 rings (SSSR count). The fourth-order valence-electron chi connectivity index (χ4n) is 2.51. The standard InChI is InChI=1S/C21H28N2O2/c1-18(24)23(17-20-7-5-4-6-8-20)14-13-19-9-11-21(12-10-19)25-16-15-22(2)3/h4-12H,13-17H2,1-3H3. The molecule has 0 unspecified atom stereocenters. The highest BCUT2D eigenvalue weighted by molar-refractivity contribution is 5.73. The number of amides is 1. The SMILES string of the molecule is CC(=O)N(CCc1ccc(OCCN(C)C)cc1)Cc1ccccc1. The highest BCUT2D eigenvalue weighted by atomic mass is 16.5. The van der Waals surface area contributed by atoms with Gasteiger partial charge in [-0.2, -0.15) is 0 Å². The fourth-order valence-corrected chi connectivity index (χ4v) is 2.51. The maximum absolute atomic E-state index is 11.9. The van der Waals surface area contributed by atoms with Gasteiger partial charge in [0, 0.05) is 26.6 Å². The van der Waals surface area contributed by atoms with E-state index in [-0.39, 0.29) is 5.91 Å². The number of carbonyl (C=O) groups is 1. The van der Waals surface area contributed by atoms with Crippen LogP contribution >= 0.6 is 0 Å². The molecule has 0 aliphatic heterocycles. The molecule has 0 radical (unpaired) electrons. The largest absolute Gasteiger partial charge is 0.492 e. The van der Waals surface area contributed by atoms with Gasteiger partial charge in [0.1, 0.15) is 12.4 Å². The van der Waals surface area contributed by atoms with E-state index in [1.54, 1.807) is 6.92 Å². The Bertz CT molecular complexity index is 639. The molecule has 0 saturated carbocycles. The van der Waals surface area contributed by atoms with Gasteiger partial charge in [0.25, 0.3) is 0 Å². The van der Waals surface area contributed by atoms with Gasteiger partial charge in [0.2, 0.25) is 5.91 Å². The number of benzene rings is 2. The van der Waals surface area contributed by atoms with Crippen molar-refractivity contribution in [3.05, 3.63) is 65.7 Å². The lowest BCUT2D eigenvalue weighted by Gasteiger charge is -2.21. The second kappa shape index (κ2) is 9.84. The Balaban J connectivity index is 1.84. The van der Waals surface area contributed by atoms with Crippen molar-refractivity contribution in [2.75, 3.05) is 33.8 Å². The van der Waals surface area contributed by atoms with Crippen LogP contribution in [-0.4, -0.2) is 49.5 Å². The van der Waals surface area contributed by atoms with Crippen molar-refractivity contribution in [3.8, 4) is 5.75 Å². The Kier molecular flexibility index (Phi) is 7.48. The number of carbonyl (C=O) groups excluding carboxylic acids is 1. The molecule has 0 saturated heterocycles. The lowest BCUT2D eigenvalue weighted by molar-refractivity contribution is -0.129. The van der Waals surface area contributed by atoms with Crippen LogP contribution in [0.1, 0.15) is 18.1 Å². The van der Waals surface area contributed by atoms with Crippen LogP contribution in [0.2, 0.25) is 0 Å². The van der Waals surface area contributed by atoms with E-state index in [2.05, 4.69) is 29.2 Å². The lowest BCUT2D eigenvalue weighted by Crippen LogP contribution is -2.30. The highest BCUT2D eigenvalue weighted by Gasteiger charge is 2.09. The van der Waals surface area contributed by atoms with Crippen molar-refractivity contribution in [1.82, 2.24) is 9.80 Å². The first-order valence-electron chi connectivity index (χ1n) is 8.70. The van der Waals surface area contributed by atoms with Crippen LogP contribution < -0.4 is 4.74 Å². The van der Waals surface area contributed by atoms with E-state index in [1.165, 1.54) is 5.56 Å². The first-order valence-corrected chi connectivity index (χ1v) is 8.70. The molecule has 1 amide bonds. The minimum absolute atomic E-state index is 0.104. The molecule has 0 heterocycles. The third-order valence-electron chi connectivity index (χ3n) is 4.06. The van der Waals surface area contributed by atoms with Gasteiger partial charge in [-0.05, 0) is 43.8 Å². The number of hydrogen-bond acceptors (Lipinski definition) is 3. The number of hydrogen-bond donors (Lipinski definition) is 0. The molecule has 0 N–H and O–H groups in total. The number of rotatable bonds is 9. The molecular formula is C21H28N2O2. The smallest absolute Gasteiger partial charge is 0.219 e. The van der Waals surface area contributed by atoms with E-state index in [0.29, 0.717) is 19.7 Å². The minimum Gasteiger partial charge on any atom is -0.492 e. The lowest BCUT2D eigenvalue weighted by atomic mass is 10.1. The Hall–Kier alpha value is -2.33. The molecule has 0 fully saturated rings. The molecule has 0 bridgehead atoms. The van der Waals surface area contributed by atoms with E-state index in [9.17, 15) is 4.79 Å². The first kappa shape index (κ1) is 19.0. The average Bonchev–Trinajstić information content (AvgIpc) is 2.60. The highest BCUT2D eigenvalue weighted by Crippen LogP contribution is 2.13. The van der Waals surface area contributed by atoms with Crippen molar-refractivity contribution >= 4 is 5.91 Å². The number of ether oxygens (including phenoxy) is 1. The van der Waals surface area contributed by atoms with E-state index in [0.717, 1.165) is 24.3 Å². The third kappa shape index (κ3) is 6.98. The molecule has 4 nitrogen and oxygen atoms in total. The molecule has 2 aromatic carbocycles. The zero-order valence-corrected chi connectivity index (χ0v) is 15.4. The molecule has 0 aromatic heterocycles. The molecule has 0 atom stereocenters. The van der Waals surface area contributed by atoms with E-state index in [1.807, 2.05) is 49.3 Å². The predicted molar refractivity (Wildman–Crippen MR) is 102 cm³/mol. The van der Waals surface area contributed by atoms with Crippen LogP contribution in [-0.2, 0) is 17.8 Å². The Morgan fingerprint density at radius 3 is 2.20 bits per heavy atom. The van der Waals surface area contributed by atoms with Crippen molar-refractivity contribution in [3.63, 3.8) is 0 Å². The van der Waals surface area contributed by atoms with Crippen LogP contribution in [0.3, 0.4) is 0 Å². The predicted octanol–water partition coefficient (Wildman–Crippen LogP) is 3.22. The van der Waals surface area contributed by atoms with Crippen LogP contribution in [0.4, 0.5) is 0 Å². The average molecular weight is 340 g/mol. The van der Waals surface area contributed by atoms with Crippen LogP contribution in [0.5, 0.6) is 5.75 Å². The Labute approximate surface area is 151 Å². The molecule has 0 spiro atoms. The van der Waals surface area contributed by atoms with Crippen LogP contribution in [0.25, 0.3) is 0 Å². The van der Waals surface area contributed by atoms with Crippen molar-refractivity contribution in [2.45, 2.75) is 19.9 Å². The molecule has 2 aromatic rings. The summed E-state index contributed by atoms with van der Waals surface area (Å²) >= 11 is 0. The summed E-state index contributed by atoms with van der Waals surface area (Å²) < 4.78 is 5.71. The van der Waals surface area contributed by atoms with Gasteiger partial charge in [-0.1, -0.05) is 42.5 Å². The molecule has 0 aliphatic carbocycles. The second-order valence-electron chi connectivity index (χ2n) is 6.47. The molecule has 25 heavy (non-hydrogen) atoms. The molecular weight excluding hydrogens is 312 g/mol. The van der Waals surface area contributed by atoms with Gasteiger partial charge in [0.05, 0.1) is 0 Å². The number of nitrogens with zero attached hydrogens (tertiary/aromatic N) is 2. The van der Waals surface area contributed by atoms with Gasteiger partial charge in [-0.3, -0.25) is 4.79 Å². The maximum Gasteiger partial charge on any atom is 0.219 e. The van der Waals surface area contributed by atoms with Gasteiger partial charge in [-0.25, -0.2) is 0 Å². The monoisotopic (exact) mass is 340 g/mol. The van der Waals surface area contributed by atoms with E-state index >= 15 is 0 Å². The maximum atomic E-state index is 11.9. The molecule has 134 valence electrons. The summed E-state index contributed by atoms with van der Waals surface area (Å²) in [5, 5.41) is 0. The van der Waals surface area contributed by atoms with Gasteiger partial charge < -0.3 is 14.5 Å². The summed E-state index contributed by atoms with van der Waals surface area (Å²) in [6.07, 6.45) is 0.838.